The Morgan fingerprint density at radius 1 is 1.06 bits per heavy atom. The first-order valence-corrected chi connectivity index (χ1v) is 6.53. The molecule has 0 saturated carbocycles. The minimum Gasteiger partial charge on any atom is -0.378 e. The lowest BCUT2D eigenvalue weighted by atomic mass is 10.1. The Morgan fingerprint density at radius 3 is 2.50 bits per heavy atom. The Morgan fingerprint density at radius 2 is 1.83 bits per heavy atom. The van der Waals surface area contributed by atoms with E-state index in [1.165, 1.54) is 22.4 Å². The molecule has 0 bridgehead atoms. The Balaban J connectivity index is 2.18. The number of hydrogen-bond acceptors (Lipinski definition) is 1. The van der Waals surface area contributed by atoms with Gasteiger partial charge in [-0.05, 0) is 50.1 Å². The van der Waals surface area contributed by atoms with Crippen LogP contribution in [0.4, 0.5) is 5.69 Å². The Bertz CT molecular complexity index is 549. The van der Waals surface area contributed by atoms with E-state index in [4.69, 9.17) is 11.6 Å². The van der Waals surface area contributed by atoms with E-state index in [1.807, 2.05) is 18.2 Å². The van der Waals surface area contributed by atoms with Gasteiger partial charge in [0.25, 0.3) is 0 Å². The molecule has 0 radical (unpaired) electrons. The van der Waals surface area contributed by atoms with Gasteiger partial charge in [0.1, 0.15) is 0 Å². The third-order valence-corrected chi connectivity index (χ3v) is 3.34. The summed E-state index contributed by atoms with van der Waals surface area (Å²) < 4.78 is 0. The lowest BCUT2D eigenvalue weighted by Crippen LogP contribution is -2.07. The highest BCUT2D eigenvalue weighted by molar-refractivity contribution is 6.30. The average Bonchev–Trinajstić information content (AvgIpc) is 2.32. The van der Waals surface area contributed by atoms with E-state index in [-0.39, 0.29) is 6.04 Å². The summed E-state index contributed by atoms with van der Waals surface area (Å²) in [4.78, 5) is 0. The molecule has 2 aromatic rings. The van der Waals surface area contributed by atoms with Crippen molar-refractivity contribution in [2.24, 2.45) is 0 Å². The van der Waals surface area contributed by atoms with Gasteiger partial charge in [-0.2, -0.15) is 0 Å². The molecule has 0 heterocycles. The molecular formula is C16H18ClN. The highest BCUT2D eigenvalue weighted by atomic mass is 35.5. The first-order valence-electron chi connectivity index (χ1n) is 6.15. The van der Waals surface area contributed by atoms with E-state index in [0.717, 1.165) is 5.02 Å². The Hall–Kier alpha value is -1.47. The van der Waals surface area contributed by atoms with Crippen LogP contribution in [-0.2, 0) is 0 Å². The molecule has 0 fully saturated rings. The van der Waals surface area contributed by atoms with Gasteiger partial charge < -0.3 is 5.32 Å². The van der Waals surface area contributed by atoms with Gasteiger partial charge in [0.05, 0.1) is 0 Å². The molecule has 1 atom stereocenters. The molecule has 1 unspecified atom stereocenters. The van der Waals surface area contributed by atoms with Crippen LogP contribution in [0, 0.1) is 13.8 Å². The quantitative estimate of drug-likeness (QED) is 0.806. The standard InChI is InChI=1S/C16H18ClN/c1-11-7-8-16(12(2)9-11)18-13(3)14-5-4-6-15(17)10-14/h4-10,13,18H,1-3H3. The zero-order valence-corrected chi connectivity index (χ0v) is 11.8. The van der Waals surface area contributed by atoms with Crippen LogP contribution in [0.3, 0.4) is 0 Å². The van der Waals surface area contributed by atoms with E-state index in [0.29, 0.717) is 0 Å². The largest absolute Gasteiger partial charge is 0.378 e. The van der Waals surface area contributed by atoms with Gasteiger partial charge in [-0.3, -0.25) is 0 Å². The van der Waals surface area contributed by atoms with Gasteiger partial charge in [0, 0.05) is 16.8 Å². The molecule has 2 heteroatoms. The minimum absolute atomic E-state index is 0.241. The summed E-state index contributed by atoms with van der Waals surface area (Å²) in [6.45, 7) is 6.38. The monoisotopic (exact) mass is 259 g/mol. The van der Waals surface area contributed by atoms with E-state index >= 15 is 0 Å². The molecule has 0 aliphatic rings. The summed E-state index contributed by atoms with van der Waals surface area (Å²) in [6.07, 6.45) is 0. The van der Waals surface area contributed by atoms with Crippen LogP contribution in [0.2, 0.25) is 5.02 Å². The summed E-state index contributed by atoms with van der Waals surface area (Å²) >= 11 is 6.02. The van der Waals surface area contributed by atoms with E-state index in [1.54, 1.807) is 0 Å². The summed E-state index contributed by atoms with van der Waals surface area (Å²) in [6, 6.07) is 14.7. The number of aryl methyl sites for hydroxylation is 2. The normalized spacial score (nSPS) is 12.2. The van der Waals surface area contributed by atoms with Crippen molar-refractivity contribution in [3.05, 3.63) is 64.2 Å². The highest BCUT2D eigenvalue weighted by Crippen LogP contribution is 2.24. The summed E-state index contributed by atoms with van der Waals surface area (Å²) in [5, 5.41) is 4.30. The number of anilines is 1. The molecule has 18 heavy (non-hydrogen) atoms. The van der Waals surface area contributed by atoms with Crippen molar-refractivity contribution in [3.8, 4) is 0 Å². The smallest absolute Gasteiger partial charge is 0.0486 e. The van der Waals surface area contributed by atoms with Gasteiger partial charge in [0.15, 0.2) is 0 Å². The summed E-state index contributed by atoms with van der Waals surface area (Å²) in [5.41, 5.74) is 4.92. The van der Waals surface area contributed by atoms with E-state index in [9.17, 15) is 0 Å². The lowest BCUT2D eigenvalue weighted by Gasteiger charge is -2.18. The molecule has 0 saturated heterocycles. The van der Waals surface area contributed by atoms with Crippen molar-refractivity contribution in [2.75, 3.05) is 5.32 Å². The van der Waals surface area contributed by atoms with Crippen LogP contribution in [0.15, 0.2) is 42.5 Å². The second-order valence-electron chi connectivity index (χ2n) is 4.74. The SMILES string of the molecule is Cc1ccc(NC(C)c2cccc(Cl)c2)c(C)c1. The number of hydrogen-bond donors (Lipinski definition) is 1. The number of nitrogens with one attached hydrogen (secondary N) is 1. The van der Waals surface area contributed by atoms with Gasteiger partial charge >= 0.3 is 0 Å². The van der Waals surface area contributed by atoms with Crippen molar-refractivity contribution in [2.45, 2.75) is 26.8 Å². The zero-order valence-electron chi connectivity index (χ0n) is 11.0. The predicted molar refractivity (Wildman–Crippen MR) is 79.4 cm³/mol. The van der Waals surface area contributed by atoms with Crippen molar-refractivity contribution in [1.82, 2.24) is 0 Å². The van der Waals surface area contributed by atoms with Crippen LogP contribution in [0.5, 0.6) is 0 Å². The van der Waals surface area contributed by atoms with Crippen molar-refractivity contribution in [1.29, 1.82) is 0 Å². The topological polar surface area (TPSA) is 12.0 Å². The fourth-order valence-corrected chi connectivity index (χ4v) is 2.27. The molecule has 0 aliphatic heterocycles. The molecule has 0 amide bonds. The van der Waals surface area contributed by atoms with Crippen LogP contribution < -0.4 is 5.32 Å². The number of halogens is 1. The first-order chi connectivity index (χ1) is 8.56. The van der Waals surface area contributed by atoms with Crippen LogP contribution >= 0.6 is 11.6 Å². The Labute approximate surface area is 114 Å². The summed E-state index contributed by atoms with van der Waals surface area (Å²) in [5.74, 6) is 0. The minimum atomic E-state index is 0.241. The molecule has 94 valence electrons. The highest BCUT2D eigenvalue weighted by Gasteiger charge is 2.07. The molecule has 2 aromatic carbocycles. The van der Waals surface area contributed by atoms with Crippen molar-refractivity contribution in [3.63, 3.8) is 0 Å². The van der Waals surface area contributed by atoms with Gasteiger partial charge in [-0.25, -0.2) is 0 Å². The number of benzene rings is 2. The third-order valence-electron chi connectivity index (χ3n) is 3.10. The fraction of sp³-hybridized carbons (Fsp3) is 0.250. The van der Waals surface area contributed by atoms with Gasteiger partial charge in [-0.1, -0.05) is 41.4 Å². The van der Waals surface area contributed by atoms with E-state index in [2.05, 4.69) is 50.4 Å². The van der Waals surface area contributed by atoms with Gasteiger partial charge in [0.2, 0.25) is 0 Å². The third kappa shape index (κ3) is 3.05. The molecule has 2 rings (SSSR count). The maximum absolute atomic E-state index is 6.02. The lowest BCUT2D eigenvalue weighted by molar-refractivity contribution is 0.882. The van der Waals surface area contributed by atoms with Gasteiger partial charge in [-0.15, -0.1) is 0 Å². The first kappa shape index (κ1) is 13.0. The summed E-state index contributed by atoms with van der Waals surface area (Å²) in [7, 11) is 0. The van der Waals surface area contributed by atoms with Crippen LogP contribution in [0.1, 0.15) is 29.7 Å². The molecule has 1 nitrogen and oxygen atoms in total. The maximum Gasteiger partial charge on any atom is 0.0486 e. The molecule has 1 N–H and O–H groups in total. The fourth-order valence-electron chi connectivity index (χ4n) is 2.07. The van der Waals surface area contributed by atoms with Crippen molar-refractivity contribution >= 4 is 17.3 Å². The maximum atomic E-state index is 6.02. The van der Waals surface area contributed by atoms with Crippen LogP contribution in [0.25, 0.3) is 0 Å². The molecule has 0 aromatic heterocycles. The van der Waals surface area contributed by atoms with E-state index < -0.39 is 0 Å². The second kappa shape index (κ2) is 5.45. The molecule has 0 spiro atoms. The molecule has 0 aliphatic carbocycles. The van der Waals surface area contributed by atoms with Crippen LogP contribution in [-0.4, -0.2) is 0 Å². The Kier molecular flexibility index (Phi) is 3.93. The predicted octanol–water partition coefficient (Wildman–Crippen LogP) is 5.13. The number of rotatable bonds is 3. The molecular weight excluding hydrogens is 242 g/mol. The zero-order chi connectivity index (χ0) is 13.1. The van der Waals surface area contributed by atoms with Crippen molar-refractivity contribution < 1.29 is 0 Å². The second-order valence-corrected chi connectivity index (χ2v) is 5.18. The average molecular weight is 260 g/mol.